The molecule has 3 nitrogen and oxygen atoms in total. The minimum Gasteiger partial charge on any atom is -0.337 e. The molecular formula is C8H9NO2. The third-order valence-electron chi connectivity index (χ3n) is 1.71. The van der Waals surface area contributed by atoms with Crippen molar-refractivity contribution in [2.45, 2.75) is 6.04 Å². The number of rotatable bonds is 0. The van der Waals surface area contributed by atoms with Crippen LogP contribution in [0.2, 0.25) is 0 Å². The third-order valence-corrected chi connectivity index (χ3v) is 1.71. The molecular weight excluding hydrogens is 142 g/mol. The molecule has 1 aromatic carbocycles. The smallest absolute Gasteiger partial charge is 0.170 e. The Morgan fingerprint density at radius 3 is 3.00 bits per heavy atom. The molecule has 1 heterocycles. The third kappa shape index (κ3) is 1.08. The van der Waals surface area contributed by atoms with E-state index in [1.165, 1.54) is 0 Å². The van der Waals surface area contributed by atoms with E-state index >= 15 is 0 Å². The van der Waals surface area contributed by atoms with E-state index in [0.717, 1.165) is 11.3 Å². The van der Waals surface area contributed by atoms with Crippen LogP contribution in [0.25, 0.3) is 0 Å². The van der Waals surface area contributed by atoms with Crippen LogP contribution in [0, 0.1) is 0 Å². The van der Waals surface area contributed by atoms with Crippen LogP contribution in [0.5, 0.6) is 5.75 Å². The summed E-state index contributed by atoms with van der Waals surface area (Å²) in [5.74, 6) is 0.728. The van der Waals surface area contributed by atoms with Crippen LogP contribution in [0.15, 0.2) is 24.3 Å². The van der Waals surface area contributed by atoms with Crippen molar-refractivity contribution < 1.29 is 9.78 Å². The highest BCUT2D eigenvalue weighted by Gasteiger charge is 2.17. The molecule has 0 aliphatic carbocycles. The fraction of sp³-hybridized carbons (Fsp3) is 0.250. The van der Waals surface area contributed by atoms with Crippen molar-refractivity contribution in [1.82, 2.24) is 0 Å². The lowest BCUT2D eigenvalue weighted by Gasteiger charge is -2.20. The molecule has 1 aliphatic heterocycles. The zero-order chi connectivity index (χ0) is 7.68. The van der Waals surface area contributed by atoms with Gasteiger partial charge in [-0.1, -0.05) is 18.2 Å². The predicted octanol–water partition coefficient (Wildman–Crippen LogP) is 1.01. The van der Waals surface area contributed by atoms with Crippen molar-refractivity contribution in [3.8, 4) is 5.75 Å². The van der Waals surface area contributed by atoms with Crippen molar-refractivity contribution in [1.29, 1.82) is 0 Å². The Balaban J connectivity index is 2.44. The zero-order valence-corrected chi connectivity index (χ0v) is 5.99. The van der Waals surface area contributed by atoms with Crippen LogP contribution in [0.1, 0.15) is 11.6 Å². The summed E-state index contributed by atoms with van der Waals surface area (Å²) in [6.07, 6.45) is 0. The molecule has 1 aromatic rings. The fourth-order valence-electron chi connectivity index (χ4n) is 1.12. The number of hydrogen-bond acceptors (Lipinski definition) is 3. The predicted molar refractivity (Wildman–Crippen MR) is 40.0 cm³/mol. The highest BCUT2D eigenvalue weighted by Crippen LogP contribution is 2.27. The molecule has 1 unspecified atom stereocenters. The Bertz CT molecular complexity index is 262. The van der Waals surface area contributed by atoms with Gasteiger partial charge in [0.1, 0.15) is 6.61 Å². The van der Waals surface area contributed by atoms with Gasteiger partial charge in [-0.05, 0) is 6.07 Å². The van der Waals surface area contributed by atoms with Crippen molar-refractivity contribution in [2.75, 3.05) is 6.61 Å². The van der Waals surface area contributed by atoms with E-state index in [2.05, 4.69) is 0 Å². The summed E-state index contributed by atoms with van der Waals surface area (Å²) in [5.41, 5.74) is 6.75. The van der Waals surface area contributed by atoms with E-state index in [-0.39, 0.29) is 6.04 Å². The standard InChI is InChI=1S/C8H9NO2/c9-7-5-10-11-8-4-2-1-3-6(7)8/h1-4,7H,5,9H2. The van der Waals surface area contributed by atoms with E-state index < -0.39 is 0 Å². The van der Waals surface area contributed by atoms with Crippen molar-refractivity contribution in [3.63, 3.8) is 0 Å². The largest absolute Gasteiger partial charge is 0.337 e. The van der Waals surface area contributed by atoms with Crippen molar-refractivity contribution in [2.24, 2.45) is 5.73 Å². The monoisotopic (exact) mass is 151 g/mol. The van der Waals surface area contributed by atoms with Crippen LogP contribution in [0.4, 0.5) is 0 Å². The second kappa shape index (κ2) is 2.53. The highest BCUT2D eigenvalue weighted by molar-refractivity contribution is 5.36. The summed E-state index contributed by atoms with van der Waals surface area (Å²) < 4.78 is 0. The average Bonchev–Trinajstić information content (AvgIpc) is 2.06. The fourth-order valence-corrected chi connectivity index (χ4v) is 1.12. The quantitative estimate of drug-likeness (QED) is 0.563. The van der Waals surface area contributed by atoms with Crippen molar-refractivity contribution in [3.05, 3.63) is 29.8 Å². The molecule has 3 heteroatoms. The maximum atomic E-state index is 5.74. The molecule has 0 saturated carbocycles. The lowest BCUT2D eigenvalue weighted by molar-refractivity contribution is -0.221. The van der Waals surface area contributed by atoms with E-state index in [1.807, 2.05) is 24.3 Å². The summed E-state index contributed by atoms with van der Waals surface area (Å²) in [7, 11) is 0. The first-order valence-corrected chi connectivity index (χ1v) is 3.52. The summed E-state index contributed by atoms with van der Waals surface area (Å²) in [6, 6.07) is 7.56. The summed E-state index contributed by atoms with van der Waals surface area (Å²) in [4.78, 5) is 9.70. The molecule has 0 amide bonds. The molecule has 1 aliphatic rings. The van der Waals surface area contributed by atoms with Gasteiger partial charge in [0.2, 0.25) is 0 Å². The van der Waals surface area contributed by atoms with Crippen LogP contribution >= 0.6 is 0 Å². The normalized spacial score (nSPS) is 22.1. The first kappa shape index (κ1) is 6.64. The van der Waals surface area contributed by atoms with E-state index in [1.54, 1.807) is 0 Å². The van der Waals surface area contributed by atoms with E-state index in [9.17, 15) is 0 Å². The topological polar surface area (TPSA) is 44.5 Å². The minimum atomic E-state index is -0.0556. The minimum absolute atomic E-state index is 0.0556. The molecule has 0 radical (unpaired) electrons. The lowest BCUT2D eigenvalue weighted by Crippen LogP contribution is -2.23. The lowest BCUT2D eigenvalue weighted by atomic mass is 10.1. The molecule has 0 bridgehead atoms. The average molecular weight is 151 g/mol. The number of para-hydroxylation sites is 1. The van der Waals surface area contributed by atoms with Gasteiger partial charge >= 0.3 is 0 Å². The van der Waals surface area contributed by atoms with Gasteiger partial charge in [0.05, 0.1) is 6.04 Å². The van der Waals surface area contributed by atoms with E-state index in [0.29, 0.717) is 6.61 Å². The molecule has 0 aromatic heterocycles. The molecule has 0 spiro atoms. The first-order chi connectivity index (χ1) is 5.38. The van der Waals surface area contributed by atoms with Gasteiger partial charge in [-0.25, -0.2) is 0 Å². The SMILES string of the molecule is NC1COOc2ccccc21. The number of nitrogens with two attached hydrogens (primary N) is 1. The second-order valence-corrected chi connectivity index (χ2v) is 2.51. The van der Waals surface area contributed by atoms with Gasteiger partial charge in [-0.15, -0.1) is 0 Å². The Labute approximate surface area is 64.7 Å². The molecule has 2 N–H and O–H groups in total. The highest BCUT2D eigenvalue weighted by atomic mass is 17.2. The Morgan fingerprint density at radius 1 is 1.36 bits per heavy atom. The maximum Gasteiger partial charge on any atom is 0.170 e. The maximum absolute atomic E-state index is 5.74. The van der Waals surface area contributed by atoms with Gasteiger partial charge < -0.3 is 10.6 Å². The van der Waals surface area contributed by atoms with Gasteiger partial charge in [-0.3, -0.25) is 0 Å². The molecule has 1 atom stereocenters. The summed E-state index contributed by atoms with van der Waals surface area (Å²) in [6.45, 7) is 0.428. The molecule has 2 rings (SSSR count). The summed E-state index contributed by atoms with van der Waals surface area (Å²) in [5, 5.41) is 0. The van der Waals surface area contributed by atoms with Gasteiger partial charge in [0, 0.05) is 5.56 Å². The van der Waals surface area contributed by atoms with Crippen LogP contribution in [0.3, 0.4) is 0 Å². The zero-order valence-electron chi connectivity index (χ0n) is 5.99. The van der Waals surface area contributed by atoms with Crippen LogP contribution in [-0.2, 0) is 4.89 Å². The van der Waals surface area contributed by atoms with E-state index in [4.69, 9.17) is 15.5 Å². The Kier molecular flexibility index (Phi) is 1.52. The molecule has 0 fully saturated rings. The Hall–Kier alpha value is -1.06. The molecule has 58 valence electrons. The first-order valence-electron chi connectivity index (χ1n) is 3.52. The van der Waals surface area contributed by atoms with Crippen LogP contribution < -0.4 is 10.6 Å². The number of hydrogen-bond donors (Lipinski definition) is 1. The van der Waals surface area contributed by atoms with Gasteiger partial charge in [0.15, 0.2) is 5.75 Å². The number of benzene rings is 1. The van der Waals surface area contributed by atoms with Crippen LogP contribution in [-0.4, -0.2) is 6.61 Å². The summed E-state index contributed by atoms with van der Waals surface area (Å²) >= 11 is 0. The van der Waals surface area contributed by atoms with Gasteiger partial charge in [0.25, 0.3) is 0 Å². The molecule has 11 heavy (non-hydrogen) atoms. The Morgan fingerprint density at radius 2 is 2.18 bits per heavy atom. The molecule has 0 saturated heterocycles. The second-order valence-electron chi connectivity index (χ2n) is 2.51. The van der Waals surface area contributed by atoms with Gasteiger partial charge in [-0.2, -0.15) is 4.89 Å². The number of fused-ring (bicyclic) bond motifs is 1. The van der Waals surface area contributed by atoms with Crippen molar-refractivity contribution >= 4 is 0 Å².